The van der Waals surface area contributed by atoms with Crippen LogP contribution in [0, 0.1) is 6.92 Å². The second-order valence-corrected chi connectivity index (χ2v) is 4.63. The lowest BCUT2D eigenvalue weighted by Gasteiger charge is -2.02. The van der Waals surface area contributed by atoms with Gasteiger partial charge in [0.15, 0.2) is 0 Å². The quantitative estimate of drug-likeness (QED) is 0.746. The van der Waals surface area contributed by atoms with Gasteiger partial charge in [-0.3, -0.25) is 0 Å². The summed E-state index contributed by atoms with van der Waals surface area (Å²) >= 11 is 1.66. The van der Waals surface area contributed by atoms with E-state index < -0.39 is 0 Å². The molecule has 0 spiro atoms. The van der Waals surface area contributed by atoms with E-state index in [4.69, 9.17) is 0 Å². The van der Waals surface area contributed by atoms with Crippen LogP contribution in [0.4, 0.5) is 0 Å². The van der Waals surface area contributed by atoms with Crippen LogP contribution in [-0.4, -0.2) is 15.4 Å². The van der Waals surface area contributed by atoms with Gasteiger partial charge in [-0.15, -0.1) is 0 Å². The van der Waals surface area contributed by atoms with E-state index in [1.165, 1.54) is 5.56 Å². The lowest BCUT2D eigenvalue weighted by atomic mass is 10.0. The minimum absolute atomic E-state index is 0.917. The van der Waals surface area contributed by atoms with Crippen molar-refractivity contribution in [2.75, 3.05) is 0 Å². The third kappa shape index (κ3) is 1.76. The van der Waals surface area contributed by atoms with Gasteiger partial charge in [0.05, 0.1) is 0 Å². The molecule has 1 aromatic carbocycles. The maximum absolute atomic E-state index is 4.27. The number of H-pyrrole nitrogens is 1. The fourth-order valence-electron chi connectivity index (χ4n) is 1.86. The Morgan fingerprint density at radius 3 is 2.65 bits per heavy atom. The molecule has 2 aromatic heterocycles. The second kappa shape index (κ2) is 4.14. The van der Waals surface area contributed by atoms with Gasteiger partial charge in [-0.2, -0.15) is 26.7 Å². The molecule has 84 valence electrons. The molecule has 3 rings (SSSR count). The molecule has 0 aliphatic heterocycles. The molecule has 17 heavy (non-hydrogen) atoms. The van der Waals surface area contributed by atoms with Crippen LogP contribution in [-0.2, 0) is 0 Å². The van der Waals surface area contributed by atoms with Crippen LogP contribution in [0.25, 0.3) is 22.5 Å². The fraction of sp³-hybridized carbons (Fsp3) is 0.0769. The van der Waals surface area contributed by atoms with Crippen molar-refractivity contribution in [3.05, 3.63) is 46.7 Å². The van der Waals surface area contributed by atoms with Crippen LogP contribution in [0.15, 0.2) is 41.1 Å². The first-order chi connectivity index (χ1) is 8.36. The Kier molecular flexibility index (Phi) is 2.49. The van der Waals surface area contributed by atoms with E-state index in [1.54, 1.807) is 11.3 Å². The zero-order valence-corrected chi connectivity index (χ0v) is 10.2. The SMILES string of the molecule is Cc1ccccc1-c1n[nH]nc1-c1ccsc1. The zero-order valence-electron chi connectivity index (χ0n) is 9.34. The topological polar surface area (TPSA) is 41.6 Å². The van der Waals surface area contributed by atoms with Gasteiger partial charge in [-0.05, 0) is 23.9 Å². The number of hydrogen-bond donors (Lipinski definition) is 1. The molecule has 2 heterocycles. The minimum Gasteiger partial charge on any atom is -0.197 e. The standard InChI is InChI=1S/C13H11N3S/c1-9-4-2-3-5-11(9)13-12(14-16-15-13)10-6-7-17-8-10/h2-8H,1H3,(H,14,15,16). The smallest absolute Gasteiger partial charge is 0.121 e. The molecule has 0 aliphatic rings. The molecule has 0 fully saturated rings. The van der Waals surface area contributed by atoms with Crippen molar-refractivity contribution < 1.29 is 0 Å². The van der Waals surface area contributed by atoms with Crippen molar-refractivity contribution in [3.63, 3.8) is 0 Å². The monoisotopic (exact) mass is 241 g/mol. The van der Waals surface area contributed by atoms with Gasteiger partial charge in [0.25, 0.3) is 0 Å². The second-order valence-electron chi connectivity index (χ2n) is 3.85. The average molecular weight is 241 g/mol. The number of thiophene rings is 1. The Hall–Kier alpha value is -1.94. The number of rotatable bonds is 2. The molecular formula is C13H11N3S. The van der Waals surface area contributed by atoms with Gasteiger partial charge in [-0.1, -0.05) is 24.3 Å². The van der Waals surface area contributed by atoms with Crippen molar-refractivity contribution in [1.82, 2.24) is 15.4 Å². The predicted molar refractivity (Wildman–Crippen MR) is 69.9 cm³/mol. The Morgan fingerprint density at radius 2 is 1.88 bits per heavy atom. The summed E-state index contributed by atoms with van der Waals surface area (Å²) in [6, 6.07) is 10.3. The Bertz CT molecular complexity index is 626. The van der Waals surface area contributed by atoms with Crippen LogP contribution in [0.1, 0.15) is 5.56 Å². The van der Waals surface area contributed by atoms with Crippen molar-refractivity contribution in [2.45, 2.75) is 6.92 Å². The molecule has 0 aliphatic carbocycles. The maximum Gasteiger partial charge on any atom is 0.121 e. The van der Waals surface area contributed by atoms with Gasteiger partial charge in [0, 0.05) is 16.5 Å². The number of benzene rings is 1. The summed E-state index contributed by atoms with van der Waals surface area (Å²) in [5.41, 5.74) is 5.28. The molecule has 0 unspecified atom stereocenters. The highest BCUT2D eigenvalue weighted by Gasteiger charge is 2.13. The number of nitrogens with one attached hydrogen (secondary N) is 1. The first kappa shape index (κ1) is 10.2. The normalized spacial score (nSPS) is 10.6. The van der Waals surface area contributed by atoms with E-state index in [-0.39, 0.29) is 0 Å². The van der Waals surface area contributed by atoms with Gasteiger partial charge < -0.3 is 0 Å². The molecule has 0 saturated carbocycles. The van der Waals surface area contributed by atoms with E-state index in [0.717, 1.165) is 22.5 Å². The molecule has 0 bridgehead atoms. The van der Waals surface area contributed by atoms with Crippen LogP contribution in [0.2, 0.25) is 0 Å². The molecule has 0 amide bonds. The number of aromatic amines is 1. The van der Waals surface area contributed by atoms with Gasteiger partial charge >= 0.3 is 0 Å². The van der Waals surface area contributed by atoms with E-state index >= 15 is 0 Å². The Labute approximate surface area is 103 Å². The van der Waals surface area contributed by atoms with Gasteiger partial charge in [0.1, 0.15) is 11.4 Å². The summed E-state index contributed by atoms with van der Waals surface area (Å²) < 4.78 is 0. The highest BCUT2D eigenvalue weighted by atomic mass is 32.1. The largest absolute Gasteiger partial charge is 0.197 e. The number of aryl methyl sites for hydroxylation is 1. The molecule has 0 saturated heterocycles. The third-order valence-corrected chi connectivity index (χ3v) is 3.43. The van der Waals surface area contributed by atoms with E-state index in [2.05, 4.69) is 45.9 Å². The molecular weight excluding hydrogens is 230 g/mol. The van der Waals surface area contributed by atoms with Crippen molar-refractivity contribution in [3.8, 4) is 22.5 Å². The molecule has 0 radical (unpaired) electrons. The van der Waals surface area contributed by atoms with E-state index in [9.17, 15) is 0 Å². The number of hydrogen-bond acceptors (Lipinski definition) is 3. The molecule has 1 N–H and O–H groups in total. The van der Waals surface area contributed by atoms with Gasteiger partial charge in [0.2, 0.25) is 0 Å². The minimum atomic E-state index is 0.917. The molecule has 4 heteroatoms. The fourth-order valence-corrected chi connectivity index (χ4v) is 2.50. The number of nitrogens with zero attached hydrogens (tertiary/aromatic N) is 2. The summed E-state index contributed by atoms with van der Waals surface area (Å²) in [5.74, 6) is 0. The van der Waals surface area contributed by atoms with Gasteiger partial charge in [-0.25, -0.2) is 0 Å². The van der Waals surface area contributed by atoms with Crippen LogP contribution in [0.3, 0.4) is 0 Å². The summed E-state index contributed by atoms with van der Waals surface area (Å²) in [6.07, 6.45) is 0. The van der Waals surface area contributed by atoms with Crippen molar-refractivity contribution in [1.29, 1.82) is 0 Å². The molecule has 3 aromatic rings. The lowest BCUT2D eigenvalue weighted by Crippen LogP contribution is -1.85. The highest BCUT2D eigenvalue weighted by Crippen LogP contribution is 2.30. The Balaban J connectivity index is 2.17. The van der Waals surface area contributed by atoms with Crippen molar-refractivity contribution >= 4 is 11.3 Å². The average Bonchev–Trinajstić information content (AvgIpc) is 3.00. The molecule has 0 atom stereocenters. The van der Waals surface area contributed by atoms with Crippen LogP contribution in [0.5, 0.6) is 0 Å². The van der Waals surface area contributed by atoms with Crippen molar-refractivity contribution in [2.24, 2.45) is 0 Å². The number of aromatic nitrogens is 3. The molecule has 3 nitrogen and oxygen atoms in total. The first-order valence-electron chi connectivity index (χ1n) is 5.35. The Morgan fingerprint density at radius 1 is 1.06 bits per heavy atom. The van der Waals surface area contributed by atoms with Crippen LogP contribution < -0.4 is 0 Å². The summed E-state index contributed by atoms with van der Waals surface area (Å²) in [7, 11) is 0. The maximum atomic E-state index is 4.27. The summed E-state index contributed by atoms with van der Waals surface area (Å²) in [4.78, 5) is 0. The van der Waals surface area contributed by atoms with Crippen LogP contribution >= 0.6 is 11.3 Å². The van der Waals surface area contributed by atoms with E-state index in [0.29, 0.717) is 0 Å². The summed E-state index contributed by atoms with van der Waals surface area (Å²) in [5, 5.41) is 15.4. The lowest BCUT2D eigenvalue weighted by molar-refractivity contribution is 0.944. The summed E-state index contributed by atoms with van der Waals surface area (Å²) in [6.45, 7) is 2.08. The predicted octanol–water partition coefficient (Wildman–Crippen LogP) is 3.51. The van der Waals surface area contributed by atoms with E-state index in [1.807, 2.05) is 17.5 Å². The highest BCUT2D eigenvalue weighted by molar-refractivity contribution is 7.08. The third-order valence-electron chi connectivity index (χ3n) is 2.74. The zero-order chi connectivity index (χ0) is 11.7. The first-order valence-corrected chi connectivity index (χ1v) is 6.30.